The zero-order valence-electron chi connectivity index (χ0n) is 15.9. The third-order valence-corrected chi connectivity index (χ3v) is 4.63. The number of para-hydroxylation sites is 1. The van der Waals surface area contributed by atoms with Crippen LogP contribution in [0.4, 0.5) is 0 Å². The first-order valence-corrected chi connectivity index (χ1v) is 8.95. The van der Waals surface area contributed by atoms with Crippen molar-refractivity contribution in [2.45, 2.75) is 20.8 Å². The van der Waals surface area contributed by atoms with Crippen LogP contribution in [0.2, 0.25) is 0 Å². The molecular weight excluding hydrogens is 352 g/mol. The monoisotopic (exact) mass is 372 g/mol. The second-order valence-electron chi connectivity index (χ2n) is 6.51. The van der Waals surface area contributed by atoms with Crippen LogP contribution in [0.5, 0.6) is 0 Å². The lowest BCUT2D eigenvalue weighted by atomic mass is 10.2. The number of rotatable bonds is 4. The zero-order valence-corrected chi connectivity index (χ0v) is 15.9. The van der Waals surface area contributed by atoms with Crippen LogP contribution in [-0.2, 0) is 0 Å². The van der Waals surface area contributed by atoms with Crippen LogP contribution in [0.25, 0.3) is 11.3 Å². The second kappa shape index (κ2) is 7.11. The molecule has 4 aromatic rings. The summed E-state index contributed by atoms with van der Waals surface area (Å²) in [5.41, 5.74) is 8.10. The highest BCUT2D eigenvalue weighted by Crippen LogP contribution is 2.16. The summed E-state index contributed by atoms with van der Waals surface area (Å²) in [5.74, 6) is -0.307. The van der Waals surface area contributed by atoms with E-state index in [1.165, 1.54) is 0 Å². The van der Waals surface area contributed by atoms with Gasteiger partial charge in [0.05, 0.1) is 29.0 Å². The second-order valence-corrected chi connectivity index (χ2v) is 6.51. The maximum Gasteiger partial charge on any atom is 0.290 e. The number of aromatic nitrogens is 4. The van der Waals surface area contributed by atoms with Gasteiger partial charge in [-0.15, -0.1) is 0 Å². The summed E-state index contributed by atoms with van der Waals surface area (Å²) >= 11 is 0. The molecule has 0 radical (unpaired) electrons. The highest BCUT2D eigenvalue weighted by atomic mass is 16.2. The van der Waals surface area contributed by atoms with E-state index in [2.05, 4.69) is 20.6 Å². The van der Waals surface area contributed by atoms with E-state index in [9.17, 15) is 4.79 Å². The molecule has 1 amide bonds. The predicted octanol–water partition coefficient (Wildman–Crippen LogP) is 3.21. The van der Waals surface area contributed by atoms with Crippen molar-refractivity contribution in [3.63, 3.8) is 0 Å². The summed E-state index contributed by atoms with van der Waals surface area (Å²) in [4.78, 5) is 17.0. The first-order chi connectivity index (χ1) is 13.6. The third kappa shape index (κ3) is 3.07. The van der Waals surface area contributed by atoms with Crippen molar-refractivity contribution in [2.24, 2.45) is 5.10 Å². The number of aryl methyl sites for hydroxylation is 2. The van der Waals surface area contributed by atoms with Crippen molar-refractivity contribution in [3.05, 3.63) is 83.1 Å². The molecule has 28 heavy (non-hydrogen) atoms. The molecule has 0 aliphatic heterocycles. The number of hydrogen-bond acceptors (Lipinski definition) is 4. The van der Waals surface area contributed by atoms with Gasteiger partial charge in [0.15, 0.2) is 0 Å². The van der Waals surface area contributed by atoms with Crippen molar-refractivity contribution in [1.82, 2.24) is 24.6 Å². The molecule has 1 aromatic carbocycles. The maximum absolute atomic E-state index is 12.6. The molecule has 0 aliphatic carbocycles. The Morgan fingerprint density at radius 1 is 1.04 bits per heavy atom. The van der Waals surface area contributed by atoms with E-state index >= 15 is 0 Å². The van der Waals surface area contributed by atoms with Crippen LogP contribution in [0.1, 0.15) is 33.1 Å². The van der Waals surface area contributed by atoms with Crippen LogP contribution in [0.15, 0.2) is 59.8 Å². The van der Waals surface area contributed by atoms with Crippen molar-refractivity contribution in [2.75, 3.05) is 0 Å². The maximum atomic E-state index is 12.6. The van der Waals surface area contributed by atoms with E-state index in [0.717, 1.165) is 28.3 Å². The molecule has 1 N–H and O–H groups in total. The topological polar surface area (TPSA) is 76.6 Å². The van der Waals surface area contributed by atoms with Crippen LogP contribution in [0.3, 0.4) is 0 Å². The van der Waals surface area contributed by atoms with Gasteiger partial charge in [-0.2, -0.15) is 10.2 Å². The number of amides is 1. The molecule has 0 atom stereocenters. The van der Waals surface area contributed by atoms with Crippen LogP contribution in [-0.4, -0.2) is 31.3 Å². The number of hydrogen-bond donors (Lipinski definition) is 1. The van der Waals surface area contributed by atoms with Gasteiger partial charge in [0.1, 0.15) is 11.3 Å². The van der Waals surface area contributed by atoms with Gasteiger partial charge in [0.25, 0.3) is 5.91 Å². The van der Waals surface area contributed by atoms with Crippen LogP contribution < -0.4 is 5.43 Å². The Balaban J connectivity index is 1.58. The Bertz CT molecular complexity index is 1190. The average molecular weight is 372 g/mol. The van der Waals surface area contributed by atoms with E-state index in [1.807, 2.05) is 80.2 Å². The van der Waals surface area contributed by atoms with E-state index in [-0.39, 0.29) is 5.91 Å². The van der Waals surface area contributed by atoms with Gasteiger partial charge < -0.3 is 0 Å². The van der Waals surface area contributed by atoms with Gasteiger partial charge in [-0.25, -0.2) is 15.1 Å². The Morgan fingerprint density at radius 2 is 1.79 bits per heavy atom. The molecule has 140 valence electrons. The molecule has 0 spiro atoms. The quantitative estimate of drug-likeness (QED) is 0.441. The molecule has 7 heteroatoms. The van der Waals surface area contributed by atoms with Gasteiger partial charge in [-0.1, -0.05) is 24.3 Å². The third-order valence-electron chi connectivity index (χ3n) is 4.63. The first kappa shape index (κ1) is 17.7. The minimum absolute atomic E-state index is 0.307. The number of imidazole rings is 1. The lowest BCUT2D eigenvalue weighted by molar-refractivity contribution is 0.0948. The average Bonchev–Trinajstić information content (AvgIpc) is 3.18. The Kier molecular flexibility index (Phi) is 4.49. The Hall–Kier alpha value is -3.74. The largest absolute Gasteiger partial charge is 0.295 e. The van der Waals surface area contributed by atoms with E-state index < -0.39 is 0 Å². The molecular formula is C21H20N6O. The van der Waals surface area contributed by atoms with E-state index in [1.54, 1.807) is 10.6 Å². The molecule has 0 bridgehead atoms. The molecule has 7 nitrogen and oxygen atoms in total. The predicted molar refractivity (Wildman–Crippen MR) is 108 cm³/mol. The smallest absolute Gasteiger partial charge is 0.290 e. The summed E-state index contributed by atoms with van der Waals surface area (Å²) in [6.45, 7) is 5.71. The summed E-state index contributed by atoms with van der Waals surface area (Å²) < 4.78 is 3.62. The van der Waals surface area contributed by atoms with Crippen molar-refractivity contribution in [1.29, 1.82) is 0 Å². The first-order valence-electron chi connectivity index (χ1n) is 8.95. The summed E-state index contributed by atoms with van der Waals surface area (Å²) in [6.07, 6.45) is 3.44. The summed E-state index contributed by atoms with van der Waals surface area (Å²) in [5, 5.41) is 8.74. The van der Waals surface area contributed by atoms with Crippen molar-refractivity contribution < 1.29 is 4.79 Å². The fourth-order valence-corrected chi connectivity index (χ4v) is 3.26. The molecule has 0 saturated carbocycles. The van der Waals surface area contributed by atoms with Crippen LogP contribution in [0, 0.1) is 20.8 Å². The molecule has 0 fully saturated rings. The van der Waals surface area contributed by atoms with Gasteiger partial charge >= 0.3 is 0 Å². The number of hydrazone groups is 1. The SMILES string of the molecule is Cc1nn(-c2ccccc2)c(C)c1/C=N\NC(=O)c1c(C)nc2ccccn12. The molecule has 4 rings (SSSR count). The van der Waals surface area contributed by atoms with Crippen LogP contribution >= 0.6 is 0 Å². The van der Waals surface area contributed by atoms with E-state index in [0.29, 0.717) is 11.4 Å². The van der Waals surface area contributed by atoms with Gasteiger partial charge in [0, 0.05) is 11.8 Å². The number of nitrogens with one attached hydrogen (secondary N) is 1. The molecule has 3 aromatic heterocycles. The normalized spacial score (nSPS) is 11.4. The van der Waals surface area contributed by atoms with Gasteiger partial charge in [-0.3, -0.25) is 9.20 Å². The standard InChI is InChI=1S/C21H20N6O/c1-14-18(16(3)27(25-14)17-9-5-4-6-10-17)13-22-24-21(28)20-15(2)23-19-11-7-8-12-26(19)20/h4-13H,1-3H3,(H,24,28)/b22-13-. The number of carbonyl (C=O) groups is 1. The Labute approximate surface area is 162 Å². The Morgan fingerprint density at radius 3 is 2.57 bits per heavy atom. The number of pyridine rings is 1. The highest BCUT2D eigenvalue weighted by molar-refractivity contribution is 5.95. The number of carbonyl (C=O) groups excluding carboxylic acids is 1. The van der Waals surface area contributed by atoms with Gasteiger partial charge in [0.2, 0.25) is 0 Å². The molecule has 3 heterocycles. The van der Waals surface area contributed by atoms with Crippen molar-refractivity contribution in [3.8, 4) is 5.69 Å². The fourth-order valence-electron chi connectivity index (χ4n) is 3.26. The summed E-state index contributed by atoms with van der Waals surface area (Å²) in [6, 6.07) is 15.5. The fraction of sp³-hybridized carbons (Fsp3) is 0.143. The molecule has 0 unspecified atom stereocenters. The number of nitrogens with zero attached hydrogens (tertiary/aromatic N) is 5. The minimum atomic E-state index is -0.307. The van der Waals surface area contributed by atoms with Gasteiger partial charge in [-0.05, 0) is 45.0 Å². The minimum Gasteiger partial charge on any atom is -0.295 e. The summed E-state index contributed by atoms with van der Waals surface area (Å²) in [7, 11) is 0. The molecule has 0 aliphatic rings. The lowest BCUT2D eigenvalue weighted by Crippen LogP contribution is -2.20. The number of benzene rings is 1. The van der Waals surface area contributed by atoms with Crippen molar-refractivity contribution >= 4 is 17.8 Å². The molecule has 0 saturated heterocycles. The van der Waals surface area contributed by atoms with E-state index in [4.69, 9.17) is 0 Å². The zero-order chi connectivity index (χ0) is 19.7. The number of fused-ring (bicyclic) bond motifs is 1. The highest BCUT2D eigenvalue weighted by Gasteiger charge is 2.16. The lowest BCUT2D eigenvalue weighted by Gasteiger charge is -2.03.